The third-order valence-corrected chi connectivity index (χ3v) is 4.21. The summed E-state index contributed by atoms with van der Waals surface area (Å²) in [5, 5.41) is 2.82. The summed E-state index contributed by atoms with van der Waals surface area (Å²) in [7, 11) is 0. The molecule has 126 valence electrons. The molecule has 0 spiro atoms. The van der Waals surface area contributed by atoms with Crippen molar-refractivity contribution in [3.63, 3.8) is 0 Å². The zero-order valence-corrected chi connectivity index (χ0v) is 16.1. The molecule has 0 aliphatic rings. The monoisotopic (exact) mass is 453 g/mol. The van der Waals surface area contributed by atoms with Crippen LogP contribution < -0.4 is 10.1 Å². The standard InChI is InChI=1S/C18H17Br2NO3/c19-14-9-15(20)11-16(10-14)24-8-4-3-7-21-18(23)17-6-2-1-5-13(17)12-22/h1-2,5-6,9-12H,3-4,7-8H2,(H,21,23). The second-order valence-corrected chi connectivity index (χ2v) is 6.95. The number of hydrogen-bond acceptors (Lipinski definition) is 3. The number of benzene rings is 2. The zero-order valence-electron chi connectivity index (χ0n) is 12.9. The topological polar surface area (TPSA) is 55.4 Å². The summed E-state index contributed by atoms with van der Waals surface area (Å²) >= 11 is 6.83. The molecule has 6 heteroatoms. The van der Waals surface area contributed by atoms with Gasteiger partial charge in [0.1, 0.15) is 5.75 Å². The number of aldehydes is 1. The molecule has 0 radical (unpaired) electrons. The van der Waals surface area contributed by atoms with Gasteiger partial charge in [0.15, 0.2) is 6.29 Å². The minimum Gasteiger partial charge on any atom is -0.494 e. The van der Waals surface area contributed by atoms with Crippen LogP contribution in [0.15, 0.2) is 51.4 Å². The Bertz CT molecular complexity index is 699. The summed E-state index contributed by atoms with van der Waals surface area (Å²) in [4.78, 5) is 23.0. The van der Waals surface area contributed by atoms with E-state index in [2.05, 4.69) is 37.2 Å². The number of unbranched alkanes of at least 4 members (excludes halogenated alkanes) is 1. The van der Waals surface area contributed by atoms with Crippen molar-refractivity contribution in [3.8, 4) is 5.75 Å². The fourth-order valence-electron chi connectivity index (χ4n) is 2.13. The van der Waals surface area contributed by atoms with Gasteiger partial charge in [0, 0.05) is 26.6 Å². The molecular weight excluding hydrogens is 438 g/mol. The summed E-state index contributed by atoms with van der Waals surface area (Å²) in [6.45, 7) is 1.11. The normalized spacial score (nSPS) is 10.2. The summed E-state index contributed by atoms with van der Waals surface area (Å²) in [5.74, 6) is 0.565. The minimum absolute atomic E-state index is 0.227. The van der Waals surface area contributed by atoms with Gasteiger partial charge in [-0.15, -0.1) is 0 Å². The van der Waals surface area contributed by atoms with E-state index in [1.807, 2.05) is 18.2 Å². The molecule has 0 aromatic heterocycles. The van der Waals surface area contributed by atoms with Crippen LogP contribution >= 0.6 is 31.9 Å². The highest BCUT2D eigenvalue weighted by molar-refractivity contribution is 9.11. The van der Waals surface area contributed by atoms with E-state index >= 15 is 0 Å². The van der Waals surface area contributed by atoms with Crippen molar-refractivity contribution in [2.24, 2.45) is 0 Å². The van der Waals surface area contributed by atoms with E-state index < -0.39 is 0 Å². The first-order valence-electron chi connectivity index (χ1n) is 7.51. The number of hydrogen-bond donors (Lipinski definition) is 1. The van der Waals surface area contributed by atoms with Crippen molar-refractivity contribution in [2.75, 3.05) is 13.2 Å². The Labute approximate surface area is 157 Å². The van der Waals surface area contributed by atoms with Gasteiger partial charge in [0.05, 0.1) is 6.61 Å². The number of nitrogens with one attached hydrogen (secondary N) is 1. The lowest BCUT2D eigenvalue weighted by Crippen LogP contribution is -2.25. The Morgan fingerprint density at radius 2 is 1.79 bits per heavy atom. The molecule has 24 heavy (non-hydrogen) atoms. The molecule has 0 aliphatic carbocycles. The largest absolute Gasteiger partial charge is 0.494 e. The summed E-state index contributed by atoms with van der Waals surface area (Å²) in [5.41, 5.74) is 0.807. The van der Waals surface area contributed by atoms with Gasteiger partial charge in [-0.05, 0) is 37.1 Å². The zero-order chi connectivity index (χ0) is 17.4. The van der Waals surface area contributed by atoms with Crippen LogP contribution in [0.25, 0.3) is 0 Å². The number of ether oxygens (including phenoxy) is 1. The molecule has 2 aromatic carbocycles. The first kappa shape index (κ1) is 18.7. The molecule has 0 bridgehead atoms. The average molecular weight is 455 g/mol. The molecule has 4 nitrogen and oxygen atoms in total. The second-order valence-electron chi connectivity index (χ2n) is 5.12. The summed E-state index contributed by atoms with van der Waals surface area (Å²) in [6.07, 6.45) is 2.31. The average Bonchev–Trinajstić information content (AvgIpc) is 2.56. The Kier molecular flexibility index (Phi) is 7.46. The lowest BCUT2D eigenvalue weighted by atomic mass is 10.1. The van der Waals surface area contributed by atoms with Crippen molar-refractivity contribution >= 4 is 44.1 Å². The van der Waals surface area contributed by atoms with Crippen LogP contribution in [0.2, 0.25) is 0 Å². The van der Waals surface area contributed by atoms with E-state index in [-0.39, 0.29) is 5.91 Å². The van der Waals surface area contributed by atoms with Crippen molar-refractivity contribution in [1.82, 2.24) is 5.32 Å². The first-order valence-corrected chi connectivity index (χ1v) is 9.10. The van der Waals surface area contributed by atoms with Crippen LogP contribution in [0.4, 0.5) is 0 Å². The van der Waals surface area contributed by atoms with Gasteiger partial charge in [-0.3, -0.25) is 9.59 Å². The van der Waals surface area contributed by atoms with Gasteiger partial charge in [0.25, 0.3) is 5.91 Å². The maximum atomic E-state index is 12.0. The SMILES string of the molecule is O=Cc1ccccc1C(=O)NCCCCOc1cc(Br)cc(Br)c1. The predicted molar refractivity (Wildman–Crippen MR) is 101 cm³/mol. The molecular formula is C18H17Br2NO3. The number of carbonyl (C=O) groups is 2. The van der Waals surface area contributed by atoms with E-state index in [4.69, 9.17) is 4.74 Å². The molecule has 0 atom stereocenters. The number of amides is 1. The summed E-state index contributed by atoms with van der Waals surface area (Å²) < 4.78 is 7.58. The maximum Gasteiger partial charge on any atom is 0.252 e. The van der Waals surface area contributed by atoms with Gasteiger partial charge < -0.3 is 10.1 Å². The van der Waals surface area contributed by atoms with Crippen LogP contribution in [-0.4, -0.2) is 25.3 Å². The van der Waals surface area contributed by atoms with Crippen LogP contribution in [0.1, 0.15) is 33.6 Å². The Morgan fingerprint density at radius 1 is 1.08 bits per heavy atom. The van der Waals surface area contributed by atoms with Crippen molar-refractivity contribution < 1.29 is 14.3 Å². The van der Waals surface area contributed by atoms with Gasteiger partial charge in [-0.2, -0.15) is 0 Å². The number of halogens is 2. The molecule has 2 aromatic rings. The molecule has 0 heterocycles. The van der Waals surface area contributed by atoms with Crippen LogP contribution in [0.5, 0.6) is 5.75 Å². The van der Waals surface area contributed by atoms with Gasteiger partial charge in [-0.25, -0.2) is 0 Å². The Hall–Kier alpha value is -1.66. The van der Waals surface area contributed by atoms with Crippen LogP contribution in [0, 0.1) is 0 Å². The fraction of sp³-hybridized carbons (Fsp3) is 0.222. The van der Waals surface area contributed by atoms with Gasteiger partial charge >= 0.3 is 0 Å². The predicted octanol–water partition coefficient (Wildman–Crippen LogP) is 4.61. The van der Waals surface area contributed by atoms with E-state index in [0.717, 1.165) is 27.5 Å². The van der Waals surface area contributed by atoms with E-state index in [1.165, 1.54) is 0 Å². The Morgan fingerprint density at radius 3 is 2.50 bits per heavy atom. The Balaban J connectivity index is 1.69. The number of rotatable bonds is 8. The number of carbonyl (C=O) groups excluding carboxylic acids is 2. The molecule has 0 fully saturated rings. The maximum absolute atomic E-state index is 12.0. The highest BCUT2D eigenvalue weighted by atomic mass is 79.9. The van der Waals surface area contributed by atoms with Crippen molar-refractivity contribution in [3.05, 3.63) is 62.5 Å². The van der Waals surface area contributed by atoms with Gasteiger partial charge in [-0.1, -0.05) is 50.1 Å². The lowest BCUT2D eigenvalue weighted by Gasteiger charge is -2.09. The molecule has 0 aliphatic heterocycles. The van der Waals surface area contributed by atoms with E-state index in [0.29, 0.717) is 30.6 Å². The first-order chi connectivity index (χ1) is 11.6. The van der Waals surface area contributed by atoms with Gasteiger partial charge in [0.2, 0.25) is 0 Å². The molecule has 0 saturated heterocycles. The minimum atomic E-state index is -0.227. The smallest absolute Gasteiger partial charge is 0.252 e. The highest BCUT2D eigenvalue weighted by Gasteiger charge is 2.09. The highest BCUT2D eigenvalue weighted by Crippen LogP contribution is 2.25. The van der Waals surface area contributed by atoms with Crippen molar-refractivity contribution in [1.29, 1.82) is 0 Å². The van der Waals surface area contributed by atoms with Crippen LogP contribution in [0.3, 0.4) is 0 Å². The third kappa shape index (κ3) is 5.76. The fourth-order valence-corrected chi connectivity index (χ4v) is 3.38. The van der Waals surface area contributed by atoms with E-state index in [9.17, 15) is 9.59 Å². The summed E-state index contributed by atoms with van der Waals surface area (Å²) in [6, 6.07) is 12.5. The molecule has 1 amide bonds. The molecule has 2 rings (SSSR count). The quantitative estimate of drug-likeness (QED) is 0.468. The second kappa shape index (κ2) is 9.59. The van der Waals surface area contributed by atoms with Crippen molar-refractivity contribution in [2.45, 2.75) is 12.8 Å². The molecule has 1 N–H and O–H groups in total. The third-order valence-electron chi connectivity index (χ3n) is 3.29. The molecule has 0 unspecified atom stereocenters. The lowest BCUT2D eigenvalue weighted by molar-refractivity contribution is 0.0947. The van der Waals surface area contributed by atoms with Crippen LogP contribution in [-0.2, 0) is 0 Å². The van der Waals surface area contributed by atoms with E-state index in [1.54, 1.807) is 24.3 Å². The molecule has 0 saturated carbocycles.